The minimum Gasteiger partial charge on any atom is -0.508 e. The lowest BCUT2D eigenvalue weighted by atomic mass is 10.1. The lowest BCUT2D eigenvalue weighted by molar-refractivity contribution is -0.159. The highest BCUT2D eigenvalue weighted by atomic mass is 16.4. The molecule has 7 nitrogen and oxygen atoms in total. The Morgan fingerprint density at radius 1 is 0.893 bits per heavy atom. The lowest BCUT2D eigenvalue weighted by Crippen LogP contribution is -2.46. The summed E-state index contributed by atoms with van der Waals surface area (Å²) < 4.78 is 0. The molecule has 0 radical (unpaired) electrons. The first-order valence-corrected chi connectivity index (χ1v) is 9.06. The summed E-state index contributed by atoms with van der Waals surface area (Å²) in [6.45, 7) is 9.35. The first-order valence-electron chi connectivity index (χ1n) is 9.06. The maximum absolute atomic E-state index is 9.90. The molecule has 1 fully saturated rings. The van der Waals surface area contributed by atoms with Crippen molar-refractivity contribution < 1.29 is 24.9 Å². The Hall–Kier alpha value is -3.06. The van der Waals surface area contributed by atoms with Gasteiger partial charge in [-0.15, -0.1) is 0 Å². The van der Waals surface area contributed by atoms with Crippen LogP contribution in [0.25, 0.3) is 0 Å². The number of carboxylic acids is 2. The van der Waals surface area contributed by atoms with E-state index in [1.165, 1.54) is 16.8 Å². The number of piperazine rings is 1. The third-order valence-electron chi connectivity index (χ3n) is 4.86. The Morgan fingerprint density at radius 3 is 2.07 bits per heavy atom. The smallest absolute Gasteiger partial charge is 0.414 e. The van der Waals surface area contributed by atoms with Crippen molar-refractivity contribution in [1.82, 2.24) is 4.90 Å². The van der Waals surface area contributed by atoms with Crippen LogP contribution in [0.1, 0.15) is 16.7 Å². The number of benzene rings is 2. The van der Waals surface area contributed by atoms with Gasteiger partial charge in [-0.3, -0.25) is 4.90 Å². The molecule has 7 heteroatoms. The molecule has 28 heavy (non-hydrogen) atoms. The van der Waals surface area contributed by atoms with E-state index in [9.17, 15) is 5.11 Å². The molecule has 0 bridgehead atoms. The summed E-state index contributed by atoms with van der Waals surface area (Å²) in [5.41, 5.74) is 5.12. The number of para-hydroxylation sites is 1. The van der Waals surface area contributed by atoms with Gasteiger partial charge in [0.2, 0.25) is 0 Å². The van der Waals surface area contributed by atoms with Crippen molar-refractivity contribution in [3.05, 3.63) is 59.2 Å². The molecule has 3 N–H and O–H groups in total. The van der Waals surface area contributed by atoms with Gasteiger partial charge in [-0.05, 0) is 37.1 Å². The number of rotatable bonds is 3. The molecule has 0 aliphatic carbocycles. The van der Waals surface area contributed by atoms with Crippen LogP contribution in [0.2, 0.25) is 0 Å². The second-order valence-corrected chi connectivity index (χ2v) is 6.72. The summed E-state index contributed by atoms with van der Waals surface area (Å²) in [7, 11) is 0. The number of phenols is 1. The monoisotopic (exact) mass is 386 g/mol. The number of aromatic hydroxyl groups is 1. The summed E-state index contributed by atoms with van der Waals surface area (Å²) in [5, 5.41) is 24.7. The second kappa shape index (κ2) is 9.75. The number of aryl methyl sites for hydroxylation is 1. The van der Waals surface area contributed by atoms with E-state index in [0.29, 0.717) is 5.75 Å². The summed E-state index contributed by atoms with van der Waals surface area (Å²) in [6, 6.07) is 14.2. The van der Waals surface area contributed by atoms with E-state index in [4.69, 9.17) is 19.8 Å². The quantitative estimate of drug-likeness (QED) is 0.697. The molecule has 1 aliphatic heterocycles. The fourth-order valence-corrected chi connectivity index (χ4v) is 3.11. The molecule has 0 unspecified atom stereocenters. The highest BCUT2D eigenvalue weighted by molar-refractivity contribution is 6.27. The van der Waals surface area contributed by atoms with Crippen LogP contribution in [0.3, 0.4) is 0 Å². The Kier molecular flexibility index (Phi) is 7.40. The van der Waals surface area contributed by atoms with Gasteiger partial charge in [-0.25, -0.2) is 9.59 Å². The predicted molar refractivity (Wildman–Crippen MR) is 107 cm³/mol. The van der Waals surface area contributed by atoms with E-state index in [-0.39, 0.29) is 0 Å². The maximum atomic E-state index is 9.90. The molecule has 150 valence electrons. The van der Waals surface area contributed by atoms with Gasteiger partial charge in [0.05, 0.1) is 0 Å². The number of hydrogen-bond acceptors (Lipinski definition) is 5. The lowest BCUT2D eigenvalue weighted by Gasteiger charge is -2.37. The molecule has 0 amide bonds. The third kappa shape index (κ3) is 5.72. The maximum Gasteiger partial charge on any atom is 0.414 e. The van der Waals surface area contributed by atoms with Crippen LogP contribution >= 0.6 is 0 Å². The summed E-state index contributed by atoms with van der Waals surface area (Å²) >= 11 is 0. The van der Waals surface area contributed by atoms with Crippen LogP contribution in [-0.2, 0) is 16.1 Å². The van der Waals surface area contributed by atoms with Gasteiger partial charge in [-0.1, -0.05) is 30.3 Å². The summed E-state index contributed by atoms with van der Waals surface area (Å²) in [4.78, 5) is 23.1. The average molecular weight is 386 g/mol. The van der Waals surface area contributed by atoms with Crippen LogP contribution in [0, 0.1) is 13.8 Å². The van der Waals surface area contributed by atoms with Gasteiger partial charge in [0.25, 0.3) is 0 Å². The molecule has 0 aromatic heterocycles. The van der Waals surface area contributed by atoms with Crippen molar-refractivity contribution in [2.75, 3.05) is 31.1 Å². The van der Waals surface area contributed by atoms with Crippen LogP contribution in [-0.4, -0.2) is 58.3 Å². The molecule has 2 aromatic carbocycles. The van der Waals surface area contributed by atoms with Gasteiger partial charge < -0.3 is 20.2 Å². The molecule has 3 rings (SSSR count). The van der Waals surface area contributed by atoms with Crippen molar-refractivity contribution >= 4 is 17.6 Å². The zero-order chi connectivity index (χ0) is 20.7. The Balaban J connectivity index is 0.000000409. The van der Waals surface area contributed by atoms with Crippen molar-refractivity contribution in [2.24, 2.45) is 0 Å². The van der Waals surface area contributed by atoms with Gasteiger partial charge in [0.1, 0.15) is 5.75 Å². The van der Waals surface area contributed by atoms with E-state index >= 15 is 0 Å². The number of phenolic OH excluding ortho intramolecular Hbond substituents is 1. The zero-order valence-electron chi connectivity index (χ0n) is 16.1. The van der Waals surface area contributed by atoms with Crippen molar-refractivity contribution in [1.29, 1.82) is 0 Å². The number of anilines is 1. The molecule has 2 aromatic rings. The standard InChI is InChI=1S/C19H24N2O.C2H2O4/c1-15-6-5-8-18(16(15)2)21-12-10-20(11-13-21)14-17-7-3-4-9-19(17)22;3-1(4)2(5)6/h3-9,22H,10-14H2,1-2H3;(H,3,4)(H,5,6). The van der Waals surface area contributed by atoms with E-state index < -0.39 is 11.9 Å². The summed E-state index contributed by atoms with van der Waals surface area (Å²) in [6.07, 6.45) is 0. The minimum absolute atomic E-state index is 0.402. The summed E-state index contributed by atoms with van der Waals surface area (Å²) in [5.74, 6) is -3.25. The van der Waals surface area contributed by atoms with Gasteiger partial charge >= 0.3 is 11.9 Å². The molecule has 1 aliphatic rings. The molecule has 1 saturated heterocycles. The number of aliphatic carboxylic acids is 2. The van der Waals surface area contributed by atoms with Crippen LogP contribution < -0.4 is 4.90 Å². The van der Waals surface area contributed by atoms with Gasteiger partial charge in [-0.2, -0.15) is 0 Å². The van der Waals surface area contributed by atoms with Gasteiger partial charge in [0, 0.05) is 44.0 Å². The third-order valence-corrected chi connectivity index (χ3v) is 4.86. The first-order chi connectivity index (χ1) is 13.3. The molecule has 0 atom stereocenters. The molecule has 0 saturated carbocycles. The number of carbonyl (C=O) groups is 2. The second-order valence-electron chi connectivity index (χ2n) is 6.72. The zero-order valence-corrected chi connectivity index (χ0v) is 16.1. The SMILES string of the molecule is Cc1cccc(N2CCN(Cc3ccccc3O)CC2)c1C.O=C(O)C(=O)O. The molecule has 1 heterocycles. The van der Waals surface area contributed by atoms with Gasteiger partial charge in [0.15, 0.2) is 0 Å². The van der Waals surface area contributed by atoms with Crippen molar-refractivity contribution in [3.8, 4) is 5.75 Å². The topological polar surface area (TPSA) is 101 Å². The Labute approximate surface area is 164 Å². The van der Waals surface area contributed by atoms with Crippen LogP contribution in [0.15, 0.2) is 42.5 Å². The normalized spacial score (nSPS) is 14.1. The van der Waals surface area contributed by atoms with E-state index in [1.807, 2.05) is 18.2 Å². The fourth-order valence-electron chi connectivity index (χ4n) is 3.11. The highest BCUT2D eigenvalue weighted by Gasteiger charge is 2.19. The molecule has 0 spiro atoms. The predicted octanol–water partition coefficient (Wildman–Crippen LogP) is 2.49. The number of hydrogen-bond donors (Lipinski definition) is 3. The van der Waals surface area contributed by atoms with Crippen molar-refractivity contribution in [3.63, 3.8) is 0 Å². The fraction of sp³-hybridized carbons (Fsp3) is 0.333. The Bertz CT molecular complexity index is 817. The number of nitrogens with zero attached hydrogens (tertiary/aromatic N) is 2. The van der Waals surface area contributed by atoms with E-state index in [2.05, 4.69) is 41.8 Å². The molecular formula is C21H26N2O5. The van der Waals surface area contributed by atoms with E-state index in [1.54, 1.807) is 6.07 Å². The largest absolute Gasteiger partial charge is 0.508 e. The minimum atomic E-state index is -1.82. The van der Waals surface area contributed by atoms with Crippen LogP contribution in [0.4, 0.5) is 5.69 Å². The molecular weight excluding hydrogens is 360 g/mol. The highest BCUT2D eigenvalue weighted by Crippen LogP contribution is 2.25. The van der Waals surface area contributed by atoms with Crippen molar-refractivity contribution in [2.45, 2.75) is 20.4 Å². The van der Waals surface area contributed by atoms with Crippen LogP contribution in [0.5, 0.6) is 5.75 Å². The first kappa shape index (κ1) is 21.2. The number of carboxylic acid groups (broad SMARTS) is 2. The van der Waals surface area contributed by atoms with E-state index in [0.717, 1.165) is 38.3 Å². The Morgan fingerprint density at radius 2 is 1.50 bits per heavy atom. The average Bonchev–Trinajstić information content (AvgIpc) is 2.67.